The van der Waals surface area contributed by atoms with E-state index in [9.17, 15) is 4.79 Å². The molecule has 0 aromatic carbocycles. The third-order valence-corrected chi connectivity index (χ3v) is 2.66. The number of methoxy groups -OCH3 is 1. The van der Waals surface area contributed by atoms with Gasteiger partial charge in [0, 0.05) is 32.5 Å². The molecule has 1 aromatic rings. The summed E-state index contributed by atoms with van der Waals surface area (Å²) in [6.45, 7) is 5.47. The smallest absolute Gasteiger partial charge is 0.234 e. The van der Waals surface area contributed by atoms with E-state index >= 15 is 0 Å². The van der Waals surface area contributed by atoms with Gasteiger partial charge in [0.05, 0.1) is 24.9 Å². The average molecular weight is 254 g/mol. The van der Waals surface area contributed by atoms with E-state index in [4.69, 9.17) is 4.74 Å². The predicted octanol–water partition coefficient (Wildman–Crippen LogP) is 0.142. The third kappa shape index (κ3) is 4.46. The van der Waals surface area contributed by atoms with E-state index in [1.54, 1.807) is 11.8 Å². The second kappa shape index (κ2) is 7.13. The molecular formula is C12H22N4O2. The molecule has 1 aromatic heterocycles. The van der Waals surface area contributed by atoms with Crippen LogP contribution in [-0.2, 0) is 16.6 Å². The van der Waals surface area contributed by atoms with E-state index in [1.165, 1.54) is 0 Å². The zero-order valence-corrected chi connectivity index (χ0v) is 11.5. The maximum Gasteiger partial charge on any atom is 0.234 e. The lowest BCUT2D eigenvalue weighted by Gasteiger charge is -2.13. The summed E-state index contributed by atoms with van der Waals surface area (Å²) in [5.74, 6) is -0.0261. The Kier molecular flexibility index (Phi) is 5.80. The molecule has 1 amide bonds. The maximum absolute atomic E-state index is 11.7. The molecule has 1 rings (SSSR count). The van der Waals surface area contributed by atoms with Gasteiger partial charge in [-0.1, -0.05) is 0 Å². The normalized spacial score (nSPS) is 12.4. The van der Waals surface area contributed by atoms with Crippen molar-refractivity contribution in [3.8, 4) is 0 Å². The molecule has 0 aliphatic carbocycles. The standard InChI is InChI=1S/C12H22N4O2/c1-9(11-8-16(3)15-10(11)2)14-12(17)7-13-5-6-18-4/h8-9,13H,5-7H2,1-4H3,(H,14,17). The Morgan fingerprint density at radius 2 is 2.33 bits per heavy atom. The van der Waals surface area contributed by atoms with Gasteiger partial charge in [-0.25, -0.2) is 0 Å². The summed E-state index contributed by atoms with van der Waals surface area (Å²) < 4.78 is 6.64. The van der Waals surface area contributed by atoms with Crippen LogP contribution in [0.3, 0.4) is 0 Å². The molecule has 0 bridgehead atoms. The molecule has 2 N–H and O–H groups in total. The molecule has 1 unspecified atom stereocenters. The molecule has 18 heavy (non-hydrogen) atoms. The average Bonchev–Trinajstić information content (AvgIpc) is 2.64. The summed E-state index contributed by atoms with van der Waals surface area (Å²) in [6, 6.07) is -0.0320. The van der Waals surface area contributed by atoms with Crippen LogP contribution in [0.1, 0.15) is 24.2 Å². The monoisotopic (exact) mass is 254 g/mol. The van der Waals surface area contributed by atoms with Crippen LogP contribution in [0.15, 0.2) is 6.20 Å². The molecule has 0 saturated heterocycles. The van der Waals surface area contributed by atoms with Crippen molar-refractivity contribution >= 4 is 5.91 Å². The van der Waals surface area contributed by atoms with Crippen molar-refractivity contribution in [2.45, 2.75) is 19.9 Å². The van der Waals surface area contributed by atoms with Crippen LogP contribution < -0.4 is 10.6 Å². The molecule has 0 aliphatic heterocycles. The third-order valence-electron chi connectivity index (χ3n) is 2.66. The Balaban J connectivity index is 2.37. The maximum atomic E-state index is 11.7. The zero-order valence-electron chi connectivity index (χ0n) is 11.5. The fourth-order valence-electron chi connectivity index (χ4n) is 1.79. The van der Waals surface area contributed by atoms with Crippen LogP contribution in [0.5, 0.6) is 0 Å². The van der Waals surface area contributed by atoms with E-state index < -0.39 is 0 Å². The van der Waals surface area contributed by atoms with Gasteiger partial charge in [0.15, 0.2) is 0 Å². The summed E-state index contributed by atoms with van der Waals surface area (Å²) in [5.41, 5.74) is 1.99. The van der Waals surface area contributed by atoms with Crippen molar-refractivity contribution in [3.05, 3.63) is 17.5 Å². The van der Waals surface area contributed by atoms with Crippen molar-refractivity contribution in [3.63, 3.8) is 0 Å². The number of nitrogens with one attached hydrogen (secondary N) is 2. The number of amides is 1. The topological polar surface area (TPSA) is 68.2 Å². The Morgan fingerprint density at radius 3 is 2.89 bits per heavy atom. The fraction of sp³-hybridized carbons (Fsp3) is 0.667. The minimum Gasteiger partial charge on any atom is -0.383 e. The summed E-state index contributed by atoms with van der Waals surface area (Å²) in [4.78, 5) is 11.7. The number of nitrogens with zero attached hydrogens (tertiary/aromatic N) is 2. The molecule has 6 nitrogen and oxygen atoms in total. The minimum atomic E-state index is -0.0320. The number of carbonyl (C=O) groups excluding carboxylic acids is 1. The number of hydrogen-bond donors (Lipinski definition) is 2. The van der Waals surface area contributed by atoms with Crippen LogP contribution >= 0.6 is 0 Å². The lowest BCUT2D eigenvalue weighted by Crippen LogP contribution is -2.36. The summed E-state index contributed by atoms with van der Waals surface area (Å²) in [6.07, 6.45) is 1.93. The van der Waals surface area contributed by atoms with Gasteiger partial charge >= 0.3 is 0 Å². The number of rotatable bonds is 7. The van der Waals surface area contributed by atoms with Gasteiger partial charge in [-0.3, -0.25) is 9.48 Å². The lowest BCUT2D eigenvalue weighted by molar-refractivity contribution is -0.120. The molecule has 6 heteroatoms. The molecule has 0 radical (unpaired) electrons. The molecule has 0 fully saturated rings. The van der Waals surface area contributed by atoms with Crippen molar-refractivity contribution in [1.82, 2.24) is 20.4 Å². The number of hydrogen-bond acceptors (Lipinski definition) is 4. The number of carbonyl (C=O) groups is 1. The van der Waals surface area contributed by atoms with E-state index in [-0.39, 0.29) is 11.9 Å². The number of aromatic nitrogens is 2. The van der Waals surface area contributed by atoms with Crippen LogP contribution in [0.25, 0.3) is 0 Å². The van der Waals surface area contributed by atoms with E-state index in [2.05, 4.69) is 15.7 Å². The highest BCUT2D eigenvalue weighted by Crippen LogP contribution is 2.14. The Morgan fingerprint density at radius 1 is 1.61 bits per heavy atom. The fourth-order valence-corrected chi connectivity index (χ4v) is 1.79. The second-order valence-corrected chi connectivity index (χ2v) is 4.30. The summed E-state index contributed by atoms with van der Waals surface area (Å²) >= 11 is 0. The predicted molar refractivity (Wildman–Crippen MR) is 69.2 cm³/mol. The second-order valence-electron chi connectivity index (χ2n) is 4.30. The van der Waals surface area contributed by atoms with Gasteiger partial charge < -0.3 is 15.4 Å². The lowest BCUT2D eigenvalue weighted by atomic mass is 10.1. The molecule has 1 atom stereocenters. The van der Waals surface area contributed by atoms with Crippen molar-refractivity contribution in [2.24, 2.45) is 7.05 Å². The largest absolute Gasteiger partial charge is 0.383 e. The first-order chi connectivity index (χ1) is 8.54. The molecule has 1 heterocycles. The van der Waals surface area contributed by atoms with Crippen LogP contribution in [0.2, 0.25) is 0 Å². The van der Waals surface area contributed by atoms with Crippen molar-refractivity contribution in [2.75, 3.05) is 26.8 Å². The van der Waals surface area contributed by atoms with Crippen molar-refractivity contribution < 1.29 is 9.53 Å². The highest BCUT2D eigenvalue weighted by atomic mass is 16.5. The van der Waals surface area contributed by atoms with E-state index in [1.807, 2.05) is 27.1 Å². The van der Waals surface area contributed by atoms with Crippen molar-refractivity contribution in [1.29, 1.82) is 0 Å². The van der Waals surface area contributed by atoms with E-state index in [0.717, 1.165) is 11.3 Å². The number of ether oxygens (including phenoxy) is 1. The van der Waals surface area contributed by atoms with Gasteiger partial charge in [-0.15, -0.1) is 0 Å². The SMILES string of the molecule is COCCNCC(=O)NC(C)c1cn(C)nc1C. The first-order valence-electron chi connectivity index (χ1n) is 6.03. The zero-order chi connectivity index (χ0) is 13.5. The van der Waals surface area contributed by atoms with Gasteiger partial charge in [-0.2, -0.15) is 5.10 Å². The van der Waals surface area contributed by atoms with Gasteiger partial charge in [0.1, 0.15) is 0 Å². The quantitative estimate of drug-likeness (QED) is 0.679. The molecule has 102 valence electrons. The first-order valence-corrected chi connectivity index (χ1v) is 6.03. The highest BCUT2D eigenvalue weighted by molar-refractivity contribution is 5.78. The minimum absolute atomic E-state index is 0.0261. The summed E-state index contributed by atoms with van der Waals surface area (Å²) in [7, 11) is 3.51. The van der Waals surface area contributed by atoms with Crippen LogP contribution in [-0.4, -0.2) is 42.5 Å². The molecule has 0 saturated carbocycles. The van der Waals surface area contributed by atoms with E-state index in [0.29, 0.717) is 19.7 Å². The first kappa shape index (κ1) is 14.7. The Bertz CT molecular complexity index is 389. The van der Waals surface area contributed by atoms with Gasteiger partial charge in [-0.05, 0) is 13.8 Å². The van der Waals surface area contributed by atoms with Crippen LogP contribution in [0, 0.1) is 6.92 Å². The van der Waals surface area contributed by atoms with Gasteiger partial charge in [0.25, 0.3) is 0 Å². The Labute approximate surface area is 108 Å². The highest BCUT2D eigenvalue weighted by Gasteiger charge is 2.13. The molecule has 0 aliphatic rings. The molecule has 0 spiro atoms. The van der Waals surface area contributed by atoms with Crippen LogP contribution in [0.4, 0.5) is 0 Å². The van der Waals surface area contributed by atoms with Gasteiger partial charge in [0.2, 0.25) is 5.91 Å². The summed E-state index contributed by atoms with van der Waals surface area (Å²) in [5, 5.41) is 10.2. The number of aryl methyl sites for hydroxylation is 2. The molecular weight excluding hydrogens is 232 g/mol. The Hall–Kier alpha value is -1.40.